The van der Waals surface area contributed by atoms with Crippen LogP contribution in [-0.4, -0.2) is 33.0 Å². The summed E-state index contributed by atoms with van der Waals surface area (Å²) in [5, 5.41) is 0. The van der Waals surface area contributed by atoms with Gasteiger partial charge in [0.1, 0.15) is 11.6 Å². The van der Waals surface area contributed by atoms with E-state index in [1.807, 2.05) is 54.6 Å². The van der Waals surface area contributed by atoms with Gasteiger partial charge in [0.25, 0.3) is 0 Å². The van der Waals surface area contributed by atoms with Crippen LogP contribution in [0.25, 0.3) is 22.4 Å². The predicted octanol–water partition coefficient (Wildman–Crippen LogP) is 5.67. The van der Waals surface area contributed by atoms with Crippen LogP contribution < -0.4 is 10.5 Å². The maximum absolute atomic E-state index is 13.9. The van der Waals surface area contributed by atoms with Crippen molar-refractivity contribution in [2.24, 2.45) is 5.73 Å². The fraction of sp³-hybridized carbons (Fsp3) is 0.222. The molecule has 1 heterocycles. The normalized spacial score (nSPS) is 13.7. The quantitative estimate of drug-likeness (QED) is 0.184. The van der Waals surface area contributed by atoms with Gasteiger partial charge in [-0.3, -0.25) is 4.52 Å². The van der Waals surface area contributed by atoms with Crippen molar-refractivity contribution < 1.29 is 36.8 Å². The molecule has 1 aromatic heterocycles. The van der Waals surface area contributed by atoms with Crippen molar-refractivity contribution in [1.29, 1.82) is 0 Å². The van der Waals surface area contributed by atoms with Gasteiger partial charge in [0.15, 0.2) is 0 Å². The third-order valence-corrected chi connectivity index (χ3v) is 6.42. The molecule has 4 rings (SSSR count). The largest absolute Gasteiger partial charge is 0.493 e. The number of imidazole rings is 1. The molecule has 206 valence electrons. The molecule has 1 atom stereocenters. The zero-order valence-corrected chi connectivity index (χ0v) is 21.7. The smallest absolute Gasteiger partial charge is 0.469 e. The van der Waals surface area contributed by atoms with E-state index in [0.29, 0.717) is 6.42 Å². The van der Waals surface area contributed by atoms with Crippen molar-refractivity contribution in [2.75, 3.05) is 13.2 Å². The number of nitrogens with zero attached hydrogens (tertiary/aromatic N) is 1. The highest BCUT2D eigenvalue weighted by Crippen LogP contribution is 2.40. The molecule has 0 unspecified atom stereocenters. The first kappa shape index (κ1) is 28.5. The van der Waals surface area contributed by atoms with Gasteiger partial charge in [-0.1, -0.05) is 54.6 Å². The van der Waals surface area contributed by atoms with Gasteiger partial charge in [-0.2, -0.15) is 13.2 Å². The van der Waals surface area contributed by atoms with Gasteiger partial charge >= 0.3 is 14.0 Å². The van der Waals surface area contributed by atoms with Crippen LogP contribution >= 0.6 is 7.82 Å². The highest BCUT2D eigenvalue weighted by molar-refractivity contribution is 7.46. The number of H-pyrrole nitrogens is 1. The van der Waals surface area contributed by atoms with E-state index < -0.39 is 31.7 Å². The highest BCUT2D eigenvalue weighted by atomic mass is 31.2. The van der Waals surface area contributed by atoms with Gasteiger partial charge in [-0.05, 0) is 41.8 Å². The molecular formula is C27H27F3N3O5P. The third kappa shape index (κ3) is 7.56. The molecule has 4 aromatic rings. The SMILES string of the molecule is C[C@](N)(COP(=O)(O)O)c1ncc(-c2ccc(OCCc3ccc(-c4ccccc4)cc3)c(C(F)(F)F)c2)[nH]1. The highest BCUT2D eigenvalue weighted by Gasteiger charge is 2.35. The second kappa shape index (κ2) is 11.3. The van der Waals surface area contributed by atoms with Gasteiger partial charge < -0.3 is 25.2 Å². The molecule has 5 N–H and O–H groups in total. The van der Waals surface area contributed by atoms with E-state index in [-0.39, 0.29) is 29.4 Å². The summed E-state index contributed by atoms with van der Waals surface area (Å²) in [4.78, 5) is 24.7. The molecule has 0 radical (unpaired) electrons. The lowest BCUT2D eigenvalue weighted by Crippen LogP contribution is -2.39. The number of aromatic nitrogens is 2. The fourth-order valence-electron chi connectivity index (χ4n) is 3.86. The Bertz CT molecular complexity index is 1450. The van der Waals surface area contributed by atoms with Crippen LogP contribution in [0.4, 0.5) is 13.2 Å². The van der Waals surface area contributed by atoms with Crippen molar-refractivity contribution in [1.82, 2.24) is 9.97 Å². The van der Waals surface area contributed by atoms with E-state index in [9.17, 15) is 17.7 Å². The Morgan fingerprint density at radius 3 is 2.26 bits per heavy atom. The number of rotatable bonds is 10. The minimum Gasteiger partial charge on any atom is -0.493 e. The topological polar surface area (TPSA) is 131 Å². The monoisotopic (exact) mass is 561 g/mol. The van der Waals surface area contributed by atoms with Crippen LogP contribution in [0.2, 0.25) is 0 Å². The van der Waals surface area contributed by atoms with Crippen molar-refractivity contribution >= 4 is 7.82 Å². The van der Waals surface area contributed by atoms with Gasteiger partial charge in [-0.15, -0.1) is 0 Å². The Balaban J connectivity index is 1.46. The Kier molecular flexibility index (Phi) is 8.29. The third-order valence-electron chi connectivity index (χ3n) is 5.95. The molecule has 0 aliphatic heterocycles. The lowest BCUT2D eigenvalue weighted by atomic mass is 10.0. The Morgan fingerprint density at radius 2 is 1.62 bits per heavy atom. The summed E-state index contributed by atoms with van der Waals surface area (Å²) in [6.07, 6.45) is -2.97. The van der Waals surface area contributed by atoms with Crippen molar-refractivity contribution in [3.05, 3.63) is 95.9 Å². The molecule has 3 aromatic carbocycles. The van der Waals surface area contributed by atoms with Gasteiger partial charge in [-0.25, -0.2) is 9.55 Å². The number of phosphoric ester groups is 1. The summed E-state index contributed by atoms with van der Waals surface area (Å²) < 4.78 is 62.7. The zero-order chi connectivity index (χ0) is 28.3. The van der Waals surface area contributed by atoms with E-state index in [0.717, 1.165) is 22.8 Å². The van der Waals surface area contributed by atoms with E-state index in [4.69, 9.17) is 20.3 Å². The van der Waals surface area contributed by atoms with Crippen LogP contribution in [0.5, 0.6) is 5.75 Å². The summed E-state index contributed by atoms with van der Waals surface area (Å²) in [6.45, 7) is 0.894. The van der Waals surface area contributed by atoms with E-state index in [1.165, 1.54) is 25.3 Å². The molecule has 0 amide bonds. The molecule has 12 heteroatoms. The summed E-state index contributed by atoms with van der Waals surface area (Å²) in [5.41, 5.74) is 7.11. The fourth-order valence-corrected chi connectivity index (χ4v) is 4.30. The number of nitrogens with two attached hydrogens (primary N) is 1. The number of phosphoric acid groups is 1. The maximum atomic E-state index is 13.9. The number of nitrogens with one attached hydrogen (secondary N) is 1. The first-order chi connectivity index (χ1) is 18.3. The summed E-state index contributed by atoms with van der Waals surface area (Å²) in [5.74, 6) is -0.219. The van der Waals surface area contributed by atoms with Crippen molar-refractivity contribution in [2.45, 2.75) is 25.1 Å². The number of hydrogen-bond donors (Lipinski definition) is 4. The number of ether oxygens (including phenoxy) is 1. The minimum absolute atomic E-state index is 0.0480. The zero-order valence-electron chi connectivity index (χ0n) is 20.9. The second-order valence-corrected chi connectivity index (χ2v) is 10.4. The van der Waals surface area contributed by atoms with E-state index in [2.05, 4.69) is 14.5 Å². The molecule has 0 saturated heterocycles. The first-order valence-electron chi connectivity index (χ1n) is 11.8. The molecule has 0 saturated carbocycles. The molecule has 0 bridgehead atoms. The standard InChI is InChI=1S/C27H27F3N3O5P/c1-26(31,17-38-39(34,35)36)25-32-16-23(33-25)21-11-12-24(22(15-21)27(28,29)30)37-14-13-18-7-9-20(10-8-18)19-5-3-2-4-6-19/h2-12,15-16H,13-14,17,31H2,1H3,(H,32,33)(H2,34,35,36)/t26-/m0/s1. The number of halogens is 3. The summed E-state index contributed by atoms with van der Waals surface area (Å²) in [7, 11) is -4.77. The van der Waals surface area contributed by atoms with Gasteiger partial charge in [0, 0.05) is 12.0 Å². The van der Waals surface area contributed by atoms with Crippen LogP contribution in [-0.2, 0) is 27.2 Å². The van der Waals surface area contributed by atoms with E-state index in [1.54, 1.807) is 0 Å². The summed E-state index contributed by atoms with van der Waals surface area (Å²) in [6, 6.07) is 21.3. The average Bonchev–Trinajstić information content (AvgIpc) is 3.39. The Hall–Kier alpha value is -3.47. The predicted molar refractivity (Wildman–Crippen MR) is 140 cm³/mol. The van der Waals surface area contributed by atoms with Crippen LogP contribution in [0.15, 0.2) is 79.0 Å². The Morgan fingerprint density at radius 1 is 0.974 bits per heavy atom. The lowest BCUT2D eigenvalue weighted by Gasteiger charge is -2.22. The van der Waals surface area contributed by atoms with Crippen molar-refractivity contribution in [3.8, 4) is 28.1 Å². The molecule has 0 aliphatic rings. The lowest BCUT2D eigenvalue weighted by molar-refractivity contribution is -0.138. The van der Waals surface area contributed by atoms with Gasteiger partial charge in [0.05, 0.1) is 36.2 Å². The second-order valence-electron chi connectivity index (χ2n) is 9.20. The number of hydrogen-bond acceptors (Lipinski definition) is 5. The van der Waals surface area contributed by atoms with E-state index >= 15 is 0 Å². The number of aromatic amines is 1. The number of alkyl halides is 3. The Labute approximate surface area is 222 Å². The van der Waals surface area contributed by atoms with Crippen LogP contribution in [0.3, 0.4) is 0 Å². The molecule has 39 heavy (non-hydrogen) atoms. The molecule has 0 fully saturated rings. The van der Waals surface area contributed by atoms with Crippen LogP contribution in [0, 0.1) is 0 Å². The molecule has 0 aliphatic carbocycles. The molecule has 8 nitrogen and oxygen atoms in total. The average molecular weight is 561 g/mol. The number of benzene rings is 3. The minimum atomic E-state index is -4.77. The van der Waals surface area contributed by atoms with Crippen molar-refractivity contribution in [3.63, 3.8) is 0 Å². The maximum Gasteiger partial charge on any atom is 0.469 e. The molecule has 0 spiro atoms. The van der Waals surface area contributed by atoms with Gasteiger partial charge in [0.2, 0.25) is 0 Å². The van der Waals surface area contributed by atoms with Crippen LogP contribution in [0.1, 0.15) is 23.9 Å². The molecular weight excluding hydrogens is 534 g/mol. The first-order valence-corrected chi connectivity index (χ1v) is 13.4. The summed E-state index contributed by atoms with van der Waals surface area (Å²) >= 11 is 0.